The third-order valence-corrected chi connectivity index (χ3v) is 6.97. The lowest BCUT2D eigenvalue weighted by atomic mass is 9.71. The topological polar surface area (TPSA) is 42.4 Å². The van der Waals surface area contributed by atoms with Crippen LogP contribution >= 0.6 is 0 Å². The van der Waals surface area contributed by atoms with E-state index in [4.69, 9.17) is 4.74 Å². The normalized spacial score (nSPS) is 30.6. The van der Waals surface area contributed by atoms with Gasteiger partial charge in [-0.05, 0) is 42.7 Å². The Morgan fingerprint density at radius 2 is 2.22 bits per heavy atom. The van der Waals surface area contributed by atoms with E-state index < -0.39 is 6.10 Å². The van der Waals surface area contributed by atoms with Gasteiger partial charge in [-0.15, -0.1) is 6.58 Å². The molecule has 27 heavy (non-hydrogen) atoms. The maximum atomic E-state index is 11.5. The summed E-state index contributed by atoms with van der Waals surface area (Å²) in [5.74, 6) is 2.04. The van der Waals surface area contributed by atoms with E-state index in [0.717, 1.165) is 46.2 Å². The molecule has 1 N–H and O–H groups in total. The molecule has 2 bridgehead atoms. The predicted octanol–water partition coefficient (Wildman–Crippen LogP) is 0.712. The number of piperidine rings is 3. The predicted molar refractivity (Wildman–Crippen MR) is 104 cm³/mol. The van der Waals surface area contributed by atoms with E-state index in [0.29, 0.717) is 11.8 Å². The van der Waals surface area contributed by atoms with E-state index >= 15 is 0 Å². The molecular weight excluding hydrogens is 360 g/mol. The van der Waals surface area contributed by atoms with Crippen molar-refractivity contribution in [3.63, 3.8) is 0 Å². The number of rotatable bonds is 5. The maximum Gasteiger partial charge on any atom is 0.131 e. The Hall–Kier alpha value is -1.62. The molecule has 0 radical (unpaired) electrons. The van der Waals surface area contributed by atoms with Gasteiger partial charge in [-0.2, -0.15) is 0 Å². The highest BCUT2D eigenvalue weighted by Gasteiger charge is 2.53. The van der Waals surface area contributed by atoms with Crippen LogP contribution in [0.3, 0.4) is 0 Å². The zero-order valence-electron chi connectivity index (χ0n) is 16.1. The smallest absolute Gasteiger partial charge is 0.131 e. The van der Waals surface area contributed by atoms with E-state index in [2.05, 4.69) is 24.6 Å². The number of ether oxygens (including phenoxy) is 1. The molecule has 4 nitrogen and oxygen atoms in total. The van der Waals surface area contributed by atoms with Gasteiger partial charge in [0.1, 0.15) is 17.9 Å². The number of aliphatic hydroxyl groups excluding tert-OH is 1. The largest absolute Gasteiger partial charge is 1.00 e. The van der Waals surface area contributed by atoms with Gasteiger partial charge >= 0.3 is 0 Å². The molecule has 146 valence electrons. The zero-order valence-corrected chi connectivity index (χ0v) is 16.9. The van der Waals surface area contributed by atoms with E-state index in [-0.39, 0.29) is 18.4 Å². The molecule has 5 rings (SSSR count). The summed E-state index contributed by atoms with van der Waals surface area (Å²) in [6.07, 6.45) is 5.79. The minimum atomic E-state index is -0.485. The van der Waals surface area contributed by atoms with Crippen LogP contribution in [0, 0.1) is 11.8 Å². The molecule has 1 aromatic heterocycles. The molecule has 3 saturated heterocycles. The summed E-state index contributed by atoms with van der Waals surface area (Å²) in [5.41, 5.74) is 1.89. The van der Waals surface area contributed by atoms with Crippen molar-refractivity contribution in [2.45, 2.75) is 31.9 Å². The number of pyridine rings is 1. The van der Waals surface area contributed by atoms with Gasteiger partial charge in [-0.1, -0.05) is 6.08 Å². The van der Waals surface area contributed by atoms with Crippen LogP contribution in [0.2, 0.25) is 0 Å². The van der Waals surface area contributed by atoms with Crippen LogP contribution < -0.4 is 17.1 Å². The van der Waals surface area contributed by atoms with Crippen LogP contribution in [-0.4, -0.2) is 47.4 Å². The molecule has 4 heterocycles. The molecule has 1 aromatic carbocycles. The highest BCUT2D eigenvalue weighted by atomic mass is 35.5. The van der Waals surface area contributed by atoms with Gasteiger partial charge in [0.25, 0.3) is 0 Å². The van der Waals surface area contributed by atoms with E-state index in [1.54, 1.807) is 7.11 Å². The van der Waals surface area contributed by atoms with Crippen molar-refractivity contribution in [2.24, 2.45) is 11.8 Å². The van der Waals surface area contributed by atoms with Crippen molar-refractivity contribution in [1.29, 1.82) is 0 Å². The number of quaternary nitrogens is 1. The van der Waals surface area contributed by atoms with Gasteiger partial charge < -0.3 is 26.7 Å². The summed E-state index contributed by atoms with van der Waals surface area (Å²) in [7, 11) is 1.67. The quantitative estimate of drug-likeness (QED) is 0.606. The first kappa shape index (κ1) is 20.1. The Morgan fingerprint density at radius 1 is 1.41 bits per heavy atom. The van der Waals surface area contributed by atoms with Gasteiger partial charge in [-0.3, -0.25) is 4.98 Å². The monoisotopic (exact) mass is 388 g/mol. The van der Waals surface area contributed by atoms with E-state index in [9.17, 15) is 5.11 Å². The van der Waals surface area contributed by atoms with Crippen LogP contribution in [0.25, 0.3) is 10.9 Å². The van der Waals surface area contributed by atoms with Gasteiger partial charge in [-0.25, -0.2) is 0 Å². The summed E-state index contributed by atoms with van der Waals surface area (Å²) in [4.78, 5) is 4.47. The van der Waals surface area contributed by atoms with E-state index in [1.807, 2.05) is 30.5 Å². The third-order valence-electron chi connectivity index (χ3n) is 6.97. The number of nitrogens with zero attached hydrogens (tertiary/aromatic N) is 2. The van der Waals surface area contributed by atoms with Crippen LogP contribution in [0.5, 0.6) is 5.75 Å². The minimum absolute atomic E-state index is 0. The fourth-order valence-corrected chi connectivity index (χ4v) is 5.38. The van der Waals surface area contributed by atoms with Crippen molar-refractivity contribution < 1.29 is 26.7 Å². The first-order chi connectivity index (χ1) is 12.6. The van der Waals surface area contributed by atoms with Gasteiger partial charge in [0, 0.05) is 30.3 Å². The number of likely N-dealkylation sites (N-methyl/N-ethyl adjacent to an activating group) is 1. The Kier molecular flexibility index (Phi) is 5.80. The first-order valence-electron chi connectivity index (χ1n) is 9.71. The van der Waals surface area contributed by atoms with E-state index in [1.165, 1.54) is 13.0 Å². The lowest BCUT2D eigenvalue weighted by molar-refractivity contribution is -0.971. The average molecular weight is 389 g/mol. The molecule has 5 unspecified atom stereocenters. The van der Waals surface area contributed by atoms with Gasteiger partial charge in [0.15, 0.2) is 0 Å². The molecule has 0 saturated carbocycles. The summed E-state index contributed by atoms with van der Waals surface area (Å²) in [5, 5.41) is 12.5. The Bertz CT molecular complexity index is 827. The van der Waals surface area contributed by atoms with Crippen molar-refractivity contribution in [1.82, 2.24) is 4.98 Å². The van der Waals surface area contributed by atoms with Crippen LogP contribution in [0.1, 0.15) is 31.4 Å². The highest BCUT2D eigenvalue weighted by Crippen LogP contribution is 2.46. The number of halogens is 1. The molecule has 5 atom stereocenters. The Morgan fingerprint density at radius 3 is 2.93 bits per heavy atom. The molecule has 2 aromatic rings. The second-order valence-electron chi connectivity index (χ2n) is 7.92. The Balaban J connectivity index is 0.00000210. The third kappa shape index (κ3) is 3.24. The van der Waals surface area contributed by atoms with Crippen molar-refractivity contribution in [3.8, 4) is 5.75 Å². The molecule has 3 aliphatic heterocycles. The summed E-state index contributed by atoms with van der Waals surface area (Å²) >= 11 is 0. The number of methoxy groups -OCH3 is 1. The van der Waals surface area contributed by atoms with Crippen LogP contribution in [0.15, 0.2) is 43.1 Å². The molecule has 0 amide bonds. The lowest BCUT2D eigenvalue weighted by Gasteiger charge is -2.57. The summed E-state index contributed by atoms with van der Waals surface area (Å²) in [6.45, 7) is 9.66. The highest BCUT2D eigenvalue weighted by molar-refractivity contribution is 5.83. The second-order valence-corrected chi connectivity index (χ2v) is 7.92. The second kappa shape index (κ2) is 7.78. The SMILES string of the molecule is C=CC1C[N+]2(CC)CCC1CC2C(O)c1ccnc2ccc(OC)cc12.[Cl-]. The molecular formula is C22H29ClN2O2. The number of benzene rings is 1. The fraction of sp³-hybridized carbons (Fsp3) is 0.500. The summed E-state index contributed by atoms with van der Waals surface area (Å²) in [6, 6.07) is 8.11. The first-order valence-corrected chi connectivity index (χ1v) is 9.71. The molecule has 0 spiro atoms. The fourth-order valence-electron chi connectivity index (χ4n) is 5.38. The van der Waals surface area contributed by atoms with Crippen molar-refractivity contribution in [3.05, 3.63) is 48.7 Å². The van der Waals surface area contributed by atoms with Crippen molar-refractivity contribution in [2.75, 3.05) is 26.7 Å². The standard InChI is InChI=1S/C22H29N2O2.ClH/c1-4-15-14-24(5-2)11-9-16(15)12-21(24)22(25)18-8-10-23-20-7-6-17(26-3)13-19(18)20;/h4,6-8,10,13,15-16,21-22,25H,1,5,9,11-12,14H2,2-3H3;1H/q+1;/p-1. The van der Waals surface area contributed by atoms with Crippen LogP contribution in [0.4, 0.5) is 0 Å². The number of hydrogen-bond donors (Lipinski definition) is 1. The average Bonchev–Trinajstić information content (AvgIpc) is 2.72. The molecule has 3 aliphatic rings. The van der Waals surface area contributed by atoms with Gasteiger partial charge in [0.05, 0.1) is 32.3 Å². The number of aromatic nitrogens is 1. The van der Waals surface area contributed by atoms with Gasteiger partial charge in [0.2, 0.25) is 0 Å². The number of hydrogen-bond acceptors (Lipinski definition) is 3. The van der Waals surface area contributed by atoms with Crippen molar-refractivity contribution >= 4 is 10.9 Å². The zero-order chi connectivity index (χ0) is 18.3. The summed E-state index contributed by atoms with van der Waals surface area (Å²) < 4.78 is 6.40. The minimum Gasteiger partial charge on any atom is -1.00 e. The maximum absolute atomic E-state index is 11.5. The Labute approximate surface area is 167 Å². The molecule has 3 fully saturated rings. The number of fused-ring (bicyclic) bond motifs is 4. The number of aliphatic hydroxyl groups is 1. The lowest BCUT2D eigenvalue weighted by Crippen LogP contribution is -3.00. The van der Waals surface area contributed by atoms with Crippen LogP contribution in [-0.2, 0) is 0 Å². The molecule has 0 aliphatic carbocycles. The molecule has 5 heteroatoms.